The molecule has 0 radical (unpaired) electrons. The third-order valence-electron chi connectivity index (χ3n) is 4.05. The number of nitrogens with one attached hydrogen (secondary N) is 1. The monoisotopic (exact) mass is 264 g/mol. The van der Waals surface area contributed by atoms with E-state index >= 15 is 0 Å². The van der Waals surface area contributed by atoms with Crippen LogP contribution in [0.5, 0.6) is 0 Å². The molecule has 19 heavy (non-hydrogen) atoms. The fraction of sp³-hybridized carbons (Fsp3) is 0.533. The minimum absolute atomic E-state index is 0.251. The molecule has 1 saturated carbocycles. The predicted octanol–water partition coefficient (Wildman–Crippen LogP) is 3.16. The number of nitrogens with two attached hydrogens (primary N) is 1. The van der Waals surface area contributed by atoms with E-state index in [1.807, 2.05) is 0 Å². The molecule has 1 aliphatic carbocycles. The summed E-state index contributed by atoms with van der Waals surface area (Å²) in [6.45, 7) is 4.40. The number of rotatable bonds is 3. The number of primary amides is 1. The quantitative estimate of drug-likeness (QED) is 0.881. The number of carbonyl (C=O) groups excluding carboxylic acids is 1. The van der Waals surface area contributed by atoms with Crippen LogP contribution in [-0.2, 0) is 0 Å². The highest BCUT2D eigenvalue weighted by Gasteiger charge is 2.26. The van der Waals surface area contributed by atoms with Gasteiger partial charge >= 0.3 is 0 Å². The van der Waals surface area contributed by atoms with Gasteiger partial charge in [-0.05, 0) is 42.9 Å². The fourth-order valence-electron chi connectivity index (χ4n) is 2.72. The maximum Gasteiger partial charge on any atom is 0.248 e. The molecule has 1 amide bonds. The lowest BCUT2D eigenvalue weighted by Gasteiger charge is -2.34. The van der Waals surface area contributed by atoms with Gasteiger partial charge in [0.15, 0.2) is 0 Å². The van der Waals surface area contributed by atoms with Crippen LogP contribution in [0.1, 0.15) is 43.5 Å². The molecule has 1 aromatic carbocycles. The zero-order valence-electron chi connectivity index (χ0n) is 11.4. The van der Waals surface area contributed by atoms with E-state index < -0.39 is 5.91 Å². The van der Waals surface area contributed by atoms with E-state index in [4.69, 9.17) is 5.73 Å². The Morgan fingerprint density at radius 3 is 2.79 bits per heavy atom. The molecule has 0 spiro atoms. The van der Waals surface area contributed by atoms with Crippen molar-refractivity contribution >= 4 is 11.6 Å². The molecule has 3 nitrogen and oxygen atoms in total. The van der Waals surface area contributed by atoms with Gasteiger partial charge in [0.2, 0.25) is 5.91 Å². The lowest BCUT2D eigenvalue weighted by Crippen LogP contribution is -2.33. The van der Waals surface area contributed by atoms with Gasteiger partial charge in [-0.1, -0.05) is 20.3 Å². The minimum Gasteiger partial charge on any atom is -0.380 e. The molecule has 0 bridgehead atoms. The third-order valence-corrected chi connectivity index (χ3v) is 4.05. The van der Waals surface area contributed by atoms with Gasteiger partial charge in [0.05, 0.1) is 5.69 Å². The number of hydrogen-bond donors (Lipinski definition) is 2. The van der Waals surface area contributed by atoms with Gasteiger partial charge < -0.3 is 11.1 Å². The van der Waals surface area contributed by atoms with Gasteiger partial charge in [0.25, 0.3) is 0 Å². The Kier molecular flexibility index (Phi) is 4.08. The van der Waals surface area contributed by atoms with Crippen LogP contribution in [0.25, 0.3) is 0 Å². The van der Waals surface area contributed by atoms with E-state index in [0.717, 1.165) is 12.8 Å². The molecule has 1 aliphatic rings. The standard InChI is InChI=1S/C15H21FN2O/c1-9-3-4-10(2)13(7-9)18-14-8-11(15(17)19)5-6-12(14)16/h5-6,8-10,13,18H,3-4,7H2,1-2H3,(H2,17,19). The Balaban J connectivity index is 2.17. The number of hydrogen-bond acceptors (Lipinski definition) is 2. The van der Waals surface area contributed by atoms with Crippen LogP contribution in [0.2, 0.25) is 0 Å². The maximum absolute atomic E-state index is 13.8. The van der Waals surface area contributed by atoms with Crippen molar-refractivity contribution in [2.45, 2.75) is 39.2 Å². The Labute approximate surface area is 113 Å². The highest BCUT2D eigenvalue weighted by molar-refractivity contribution is 5.93. The van der Waals surface area contributed by atoms with Crippen LogP contribution in [0.15, 0.2) is 18.2 Å². The second-order valence-corrected chi connectivity index (χ2v) is 5.71. The lowest BCUT2D eigenvalue weighted by molar-refractivity contribution is 0.100. The van der Waals surface area contributed by atoms with E-state index in [1.54, 1.807) is 0 Å². The first kappa shape index (κ1) is 13.8. The highest BCUT2D eigenvalue weighted by Crippen LogP contribution is 2.31. The number of carbonyl (C=O) groups is 1. The molecule has 1 aromatic rings. The molecule has 104 valence electrons. The molecule has 0 saturated heterocycles. The Bertz CT molecular complexity index is 475. The summed E-state index contributed by atoms with van der Waals surface area (Å²) in [5, 5.41) is 3.24. The van der Waals surface area contributed by atoms with Crippen molar-refractivity contribution in [1.82, 2.24) is 0 Å². The Hall–Kier alpha value is -1.58. The molecule has 1 fully saturated rings. The summed E-state index contributed by atoms with van der Waals surface area (Å²) in [4.78, 5) is 11.1. The van der Waals surface area contributed by atoms with Gasteiger partial charge in [-0.15, -0.1) is 0 Å². The first-order valence-electron chi connectivity index (χ1n) is 6.83. The topological polar surface area (TPSA) is 55.1 Å². The molecular weight excluding hydrogens is 243 g/mol. The van der Waals surface area contributed by atoms with Crippen LogP contribution in [0.3, 0.4) is 0 Å². The van der Waals surface area contributed by atoms with Gasteiger partial charge in [0, 0.05) is 11.6 Å². The van der Waals surface area contributed by atoms with Crippen LogP contribution in [0.4, 0.5) is 10.1 Å². The SMILES string of the molecule is CC1CCC(C)C(Nc2cc(C(N)=O)ccc2F)C1. The smallest absolute Gasteiger partial charge is 0.248 e. The lowest BCUT2D eigenvalue weighted by atomic mass is 9.80. The molecule has 3 atom stereocenters. The summed E-state index contributed by atoms with van der Waals surface area (Å²) in [6, 6.07) is 4.46. The predicted molar refractivity (Wildman–Crippen MR) is 74.5 cm³/mol. The normalized spacial score (nSPS) is 27.0. The Morgan fingerprint density at radius 2 is 2.11 bits per heavy atom. The zero-order valence-corrected chi connectivity index (χ0v) is 11.4. The van der Waals surface area contributed by atoms with Gasteiger partial charge in [-0.25, -0.2) is 4.39 Å². The molecule has 0 aliphatic heterocycles. The molecular formula is C15H21FN2O. The highest BCUT2D eigenvalue weighted by atomic mass is 19.1. The minimum atomic E-state index is -0.534. The number of anilines is 1. The van der Waals surface area contributed by atoms with E-state index in [2.05, 4.69) is 19.2 Å². The zero-order chi connectivity index (χ0) is 14.0. The summed E-state index contributed by atoms with van der Waals surface area (Å²) in [7, 11) is 0. The first-order chi connectivity index (χ1) is 8.97. The van der Waals surface area contributed by atoms with E-state index in [0.29, 0.717) is 23.1 Å². The average molecular weight is 264 g/mol. The van der Waals surface area contributed by atoms with Gasteiger partial charge in [-0.2, -0.15) is 0 Å². The molecule has 3 unspecified atom stereocenters. The van der Waals surface area contributed by atoms with Crippen molar-refractivity contribution < 1.29 is 9.18 Å². The van der Waals surface area contributed by atoms with Crippen molar-refractivity contribution in [2.75, 3.05) is 5.32 Å². The van der Waals surface area contributed by atoms with Crippen LogP contribution in [0, 0.1) is 17.7 Å². The maximum atomic E-state index is 13.8. The van der Waals surface area contributed by atoms with Crippen molar-refractivity contribution in [2.24, 2.45) is 17.6 Å². The van der Waals surface area contributed by atoms with Crippen LogP contribution >= 0.6 is 0 Å². The van der Waals surface area contributed by atoms with Gasteiger partial charge in [0.1, 0.15) is 5.82 Å². The second-order valence-electron chi connectivity index (χ2n) is 5.71. The summed E-state index contributed by atoms with van der Waals surface area (Å²) in [5.74, 6) is 0.285. The van der Waals surface area contributed by atoms with Crippen molar-refractivity contribution in [3.63, 3.8) is 0 Å². The van der Waals surface area contributed by atoms with E-state index in [-0.39, 0.29) is 11.9 Å². The molecule has 3 N–H and O–H groups in total. The van der Waals surface area contributed by atoms with Crippen LogP contribution in [-0.4, -0.2) is 11.9 Å². The van der Waals surface area contributed by atoms with Crippen molar-refractivity contribution in [3.05, 3.63) is 29.6 Å². The van der Waals surface area contributed by atoms with Gasteiger partial charge in [-0.3, -0.25) is 4.79 Å². The molecule has 2 rings (SSSR count). The summed E-state index contributed by atoms with van der Waals surface area (Å²) in [6.07, 6.45) is 3.40. The van der Waals surface area contributed by atoms with E-state index in [1.165, 1.54) is 24.6 Å². The number of amides is 1. The summed E-state index contributed by atoms with van der Waals surface area (Å²) >= 11 is 0. The second kappa shape index (κ2) is 5.59. The molecule has 0 heterocycles. The summed E-state index contributed by atoms with van der Waals surface area (Å²) in [5.41, 5.74) is 5.94. The van der Waals surface area contributed by atoms with E-state index in [9.17, 15) is 9.18 Å². The molecule has 0 aromatic heterocycles. The fourth-order valence-corrected chi connectivity index (χ4v) is 2.72. The Morgan fingerprint density at radius 1 is 1.37 bits per heavy atom. The largest absolute Gasteiger partial charge is 0.380 e. The van der Waals surface area contributed by atoms with Crippen LogP contribution < -0.4 is 11.1 Å². The van der Waals surface area contributed by atoms with Crippen molar-refractivity contribution in [1.29, 1.82) is 0 Å². The third kappa shape index (κ3) is 3.25. The number of benzene rings is 1. The first-order valence-corrected chi connectivity index (χ1v) is 6.83. The molecule has 4 heteroatoms. The average Bonchev–Trinajstić information content (AvgIpc) is 2.36. The number of halogens is 1. The summed E-state index contributed by atoms with van der Waals surface area (Å²) < 4.78 is 13.8. The van der Waals surface area contributed by atoms with Crippen molar-refractivity contribution in [3.8, 4) is 0 Å².